The normalized spacial score (nSPS) is 11.8. The van der Waals surface area contributed by atoms with Crippen LogP contribution in [0.5, 0.6) is 0 Å². The fourth-order valence-electron chi connectivity index (χ4n) is 7.90. The van der Waals surface area contributed by atoms with Gasteiger partial charge in [0.1, 0.15) is 11.2 Å². The number of hydrogen-bond donors (Lipinski definition) is 0. The Hall–Kier alpha value is -6.69. The van der Waals surface area contributed by atoms with Crippen LogP contribution < -0.4 is 0 Å². The van der Waals surface area contributed by atoms with E-state index in [1.165, 1.54) is 58.3 Å². The predicted molar refractivity (Wildman–Crippen MR) is 218 cm³/mol. The van der Waals surface area contributed by atoms with Gasteiger partial charge in [-0.05, 0) is 65.0 Å². The lowest BCUT2D eigenvalue weighted by atomic mass is 10.00. The zero-order chi connectivity index (χ0) is 34.2. The summed E-state index contributed by atoms with van der Waals surface area (Å²) in [5.41, 5.74) is 10.3. The van der Waals surface area contributed by atoms with Crippen molar-refractivity contribution >= 4 is 75.1 Å². The standard InChI is InChI=1S/C47H28N4S/c1-2-11-29(12-3-1)30-20-22-31(23-21-30)43-44-38(17-10-28-48-44)49-47(50-43)32-24-26-33(27-25-32)51-39-18-8-6-15-36(39)41-34-13-4-5-14-35(34)46-42(45(41)51)37-16-7-9-19-40(37)52-46/h1-28H. The molecule has 4 nitrogen and oxygen atoms in total. The molecule has 0 radical (unpaired) electrons. The molecule has 0 aliphatic rings. The van der Waals surface area contributed by atoms with E-state index in [0.29, 0.717) is 5.82 Å². The van der Waals surface area contributed by atoms with Crippen molar-refractivity contribution < 1.29 is 0 Å². The molecule has 0 saturated heterocycles. The molecule has 0 aliphatic heterocycles. The number of para-hydroxylation sites is 1. The summed E-state index contributed by atoms with van der Waals surface area (Å²) in [6.07, 6.45) is 1.81. The molecule has 52 heavy (non-hydrogen) atoms. The highest BCUT2D eigenvalue weighted by Gasteiger charge is 2.22. The van der Waals surface area contributed by atoms with Crippen molar-refractivity contribution in [1.82, 2.24) is 19.5 Å². The monoisotopic (exact) mass is 680 g/mol. The SMILES string of the molecule is c1ccc(-c2ccc(-c3nc(-c4ccc(-n5c6ccccc6c6c7ccccc7c7sc8ccccc8c7c65)cc4)nc4cccnc34)cc2)cc1. The fourth-order valence-corrected chi connectivity index (χ4v) is 9.14. The van der Waals surface area contributed by atoms with Crippen LogP contribution in [-0.2, 0) is 0 Å². The number of pyridine rings is 1. The predicted octanol–water partition coefficient (Wildman–Crippen LogP) is 12.6. The van der Waals surface area contributed by atoms with Crippen molar-refractivity contribution in [3.8, 4) is 39.5 Å². The van der Waals surface area contributed by atoms with Crippen LogP contribution in [0.25, 0.3) is 103 Å². The van der Waals surface area contributed by atoms with E-state index < -0.39 is 0 Å². The molecular weight excluding hydrogens is 653 g/mol. The van der Waals surface area contributed by atoms with Gasteiger partial charge < -0.3 is 4.57 Å². The van der Waals surface area contributed by atoms with E-state index in [-0.39, 0.29) is 0 Å². The maximum Gasteiger partial charge on any atom is 0.160 e. The summed E-state index contributed by atoms with van der Waals surface area (Å²) in [5, 5.41) is 7.73. The lowest BCUT2D eigenvalue weighted by molar-refractivity contribution is 1.18. The molecule has 7 aromatic carbocycles. The molecule has 0 amide bonds. The summed E-state index contributed by atoms with van der Waals surface area (Å²) in [7, 11) is 0. The number of fused-ring (bicyclic) bond motifs is 11. The van der Waals surface area contributed by atoms with Gasteiger partial charge in [0.15, 0.2) is 5.82 Å². The minimum Gasteiger partial charge on any atom is -0.309 e. The zero-order valence-corrected chi connectivity index (χ0v) is 28.7. The second-order valence-corrected chi connectivity index (χ2v) is 14.2. The Kier molecular flexibility index (Phi) is 6.39. The molecule has 4 aromatic heterocycles. The maximum absolute atomic E-state index is 5.16. The molecule has 4 heterocycles. The molecule has 0 fully saturated rings. The van der Waals surface area contributed by atoms with Crippen LogP contribution in [0.4, 0.5) is 0 Å². The Bertz CT molecular complexity index is 3160. The lowest BCUT2D eigenvalue weighted by Gasteiger charge is -2.12. The third kappa shape index (κ3) is 4.36. The Balaban J connectivity index is 1.10. The van der Waals surface area contributed by atoms with Crippen molar-refractivity contribution in [2.45, 2.75) is 0 Å². The summed E-state index contributed by atoms with van der Waals surface area (Å²) in [4.78, 5) is 14.9. The van der Waals surface area contributed by atoms with Crippen molar-refractivity contribution in [3.05, 3.63) is 170 Å². The average Bonchev–Trinajstić information content (AvgIpc) is 3.78. The van der Waals surface area contributed by atoms with Gasteiger partial charge in [-0.3, -0.25) is 4.98 Å². The Morgan fingerprint density at radius 3 is 1.94 bits per heavy atom. The van der Waals surface area contributed by atoms with Crippen LogP contribution >= 0.6 is 11.3 Å². The molecule has 0 N–H and O–H groups in total. The van der Waals surface area contributed by atoms with Crippen molar-refractivity contribution in [3.63, 3.8) is 0 Å². The number of aromatic nitrogens is 4. The van der Waals surface area contributed by atoms with Gasteiger partial charge in [0.25, 0.3) is 0 Å². The van der Waals surface area contributed by atoms with Gasteiger partial charge in [0.05, 0.1) is 16.6 Å². The van der Waals surface area contributed by atoms with Crippen LogP contribution in [0.15, 0.2) is 170 Å². The van der Waals surface area contributed by atoms with Gasteiger partial charge in [-0.25, -0.2) is 9.97 Å². The number of hydrogen-bond acceptors (Lipinski definition) is 4. The molecule has 11 aromatic rings. The largest absolute Gasteiger partial charge is 0.309 e. The first kappa shape index (κ1) is 29.1. The van der Waals surface area contributed by atoms with E-state index in [2.05, 4.69) is 150 Å². The Labute approximate surface area is 302 Å². The third-order valence-electron chi connectivity index (χ3n) is 10.3. The van der Waals surface area contributed by atoms with Gasteiger partial charge >= 0.3 is 0 Å². The minimum atomic E-state index is 0.675. The quantitative estimate of drug-likeness (QED) is 0.186. The summed E-state index contributed by atoms with van der Waals surface area (Å²) in [6.45, 7) is 0. The number of rotatable bonds is 4. The first-order chi connectivity index (χ1) is 25.8. The molecule has 0 aliphatic carbocycles. The second-order valence-electron chi connectivity index (χ2n) is 13.2. The molecule has 0 bridgehead atoms. The molecular formula is C47H28N4S. The van der Waals surface area contributed by atoms with E-state index in [1.54, 1.807) is 0 Å². The molecule has 0 saturated carbocycles. The van der Waals surface area contributed by atoms with E-state index in [4.69, 9.17) is 15.0 Å². The van der Waals surface area contributed by atoms with Gasteiger partial charge in [0, 0.05) is 59.3 Å². The topological polar surface area (TPSA) is 43.6 Å². The summed E-state index contributed by atoms with van der Waals surface area (Å²) >= 11 is 1.88. The van der Waals surface area contributed by atoms with Crippen LogP contribution in [0.1, 0.15) is 0 Å². The molecule has 5 heteroatoms. The summed E-state index contributed by atoms with van der Waals surface area (Å²) in [5.74, 6) is 0.675. The lowest BCUT2D eigenvalue weighted by Crippen LogP contribution is -1.98. The maximum atomic E-state index is 5.16. The number of benzene rings is 7. The van der Waals surface area contributed by atoms with Crippen molar-refractivity contribution in [1.29, 1.82) is 0 Å². The van der Waals surface area contributed by atoms with Crippen molar-refractivity contribution in [2.24, 2.45) is 0 Å². The van der Waals surface area contributed by atoms with Crippen LogP contribution in [0, 0.1) is 0 Å². The Morgan fingerprint density at radius 2 is 1.12 bits per heavy atom. The van der Waals surface area contributed by atoms with Crippen LogP contribution in [-0.4, -0.2) is 19.5 Å². The third-order valence-corrected chi connectivity index (χ3v) is 11.5. The molecule has 242 valence electrons. The summed E-state index contributed by atoms with van der Waals surface area (Å²) < 4.78 is 5.08. The highest BCUT2D eigenvalue weighted by Crippen LogP contribution is 2.47. The van der Waals surface area contributed by atoms with Gasteiger partial charge in [-0.1, -0.05) is 115 Å². The van der Waals surface area contributed by atoms with E-state index in [0.717, 1.165) is 39.1 Å². The average molecular weight is 681 g/mol. The van der Waals surface area contributed by atoms with E-state index >= 15 is 0 Å². The van der Waals surface area contributed by atoms with Gasteiger partial charge in [0.2, 0.25) is 0 Å². The van der Waals surface area contributed by atoms with Gasteiger partial charge in [-0.15, -0.1) is 11.3 Å². The zero-order valence-electron chi connectivity index (χ0n) is 27.9. The van der Waals surface area contributed by atoms with E-state index in [9.17, 15) is 0 Å². The van der Waals surface area contributed by atoms with Crippen LogP contribution in [0.2, 0.25) is 0 Å². The number of thiophene rings is 1. The van der Waals surface area contributed by atoms with Gasteiger partial charge in [-0.2, -0.15) is 0 Å². The first-order valence-corrected chi connectivity index (χ1v) is 18.3. The molecule has 0 spiro atoms. The first-order valence-electron chi connectivity index (χ1n) is 17.4. The summed E-state index contributed by atoms with van der Waals surface area (Å²) in [6, 6.07) is 58.2. The molecule has 0 atom stereocenters. The molecule has 0 unspecified atom stereocenters. The van der Waals surface area contributed by atoms with Crippen LogP contribution in [0.3, 0.4) is 0 Å². The minimum absolute atomic E-state index is 0.675. The van der Waals surface area contributed by atoms with E-state index in [1.807, 2.05) is 35.7 Å². The highest BCUT2D eigenvalue weighted by molar-refractivity contribution is 7.27. The highest BCUT2D eigenvalue weighted by atomic mass is 32.1. The second kappa shape index (κ2) is 11.4. The molecule has 11 rings (SSSR count). The number of nitrogens with zero attached hydrogens (tertiary/aromatic N) is 4. The smallest absolute Gasteiger partial charge is 0.160 e. The Morgan fingerprint density at radius 1 is 0.462 bits per heavy atom. The van der Waals surface area contributed by atoms with Crippen molar-refractivity contribution in [2.75, 3.05) is 0 Å². The fraction of sp³-hybridized carbons (Fsp3) is 0.